The van der Waals surface area contributed by atoms with E-state index in [0.29, 0.717) is 17.9 Å². The second-order valence-electron chi connectivity index (χ2n) is 6.79. The highest BCUT2D eigenvalue weighted by atomic mass is 19.1. The predicted molar refractivity (Wildman–Crippen MR) is 106 cm³/mol. The molecule has 0 spiro atoms. The predicted octanol–water partition coefficient (Wildman–Crippen LogP) is 3.41. The van der Waals surface area contributed by atoms with Gasteiger partial charge in [-0.2, -0.15) is 0 Å². The van der Waals surface area contributed by atoms with Crippen molar-refractivity contribution < 1.29 is 14.0 Å². The maximum absolute atomic E-state index is 13.8. The Hall–Kier alpha value is -3.22. The Labute approximate surface area is 162 Å². The zero-order chi connectivity index (χ0) is 20.1. The fraction of sp³-hybridized carbons (Fsp3) is 0.286. The SMILES string of the molecule is CC[C@H](C)[C@@H](NC(=O)Cc1ccccc1F)C(=O)Nc1nc2ccccc2[nH]1. The highest BCUT2D eigenvalue weighted by molar-refractivity contribution is 5.97. The van der Waals surface area contributed by atoms with Gasteiger partial charge >= 0.3 is 0 Å². The Morgan fingerprint density at radius 2 is 1.86 bits per heavy atom. The third kappa shape index (κ3) is 4.54. The molecule has 28 heavy (non-hydrogen) atoms. The van der Waals surface area contributed by atoms with Crippen LogP contribution in [0.5, 0.6) is 0 Å². The number of aromatic nitrogens is 2. The number of halogens is 1. The van der Waals surface area contributed by atoms with Crippen LogP contribution in [0.15, 0.2) is 48.5 Å². The van der Waals surface area contributed by atoms with Crippen molar-refractivity contribution in [1.82, 2.24) is 15.3 Å². The number of nitrogens with one attached hydrogen (secondary N) is 3. The first-order valence-corrected chi connectivity index (χ1v) is 9.26. The average molecular weight is 382 g/mol. The third-order valence-electron chi connectivity index (χ3n) is 4.75. The molecule has 0 saturated carbocycles. The molecule has 6 nitrogen and oxygen atoms in total. The number of H-pyrrole nitrogens is 1. The average Bonchev–Trinajstić information content (AvgIpc) is 3.09. The van der Waals surface area contributed by atoms with E-state index >= 15 is 0 Å². The first-order valence-electron chi connectivity index (χ1n) is 9.26. The minimum atomic E-state index is -0.752. The lowest BCUT2D eigenvalue weighted by molar-refractivity contribution is -0.127. The maximum Gasteiger partial charge on any atom is 0.249 e. The highest BCUT2D eigenvalue weighted by Gasteiger charge is 2.27. The molecule has 3 N–H and O–H groups in total. The lowest BCUT2D eigenvalue weighted by atomic mass is 9.98. The Morgan fingerprint density at radius 1 is 1.14 bits per heavy atom. The Balaban J connectivity index is 1.71. The van der Waals surface area contributed by atoms with Gasteiger partial charge in [0, 0.05) is 0 Å². The number of imidazole rings is 1. The van der Waals surface area contributed by atoms with Gasteiger partial charge in [-0.25, -0.2) is 9.37 Å². The molecule has 146 valence electrons. The number of rotatable bonds is 7. The van der Waals surface area contributed by atoms with Crippen LogP contribution in [-0.2, 0) is 16.0 Å². The van der Waals surface area contributed by atoms with Crippen molar-refractivity contribution in [2.45, 2.75) is 32.7 Å². The lowest BCUT2D eigenvalue weighted by Crippen LogP contribution is -2.48. The summed E-state index contributed by atoms with van der Waals surface area (Å²) in [6, 6.07) is 12.8. The minimum Gasteiger partial charge on any atom is -0.344 e. The number of hydrogen-bond donors (Lipinski definition) is 3. The van der Waals surface area contributed by atoms with E-state index in [4.69, 9.17) is 0 Å². The fourth-order valence-corrected chi connectivity index (χ4v) is 2.95. The number of nitrogens with zero attached hydrogens (tertiary/aromatic N) is 1. The van der Waals surface area contributed by atoms with E-state index in [0.717, 1.165) is 11.0 Å². The zero-order valence-electron chi connectivity index (χ0n) is 15.8. The Morgan fingerprint density at radius 3 is 2.57 bits per heavy atom. The van der Waals surface area contributed by atoms with Gasteiger partial charge in [-0.1, -0.05) is 50.6 Å². The van der Waals surface area contributed by atoms with Crippen LogP contribution in [-0.4, -0.2) is 27.8 Å². The summed E-state index contributed by atoms with van der Waals surface area (Å²) in [5.74, 6) is -0.994. The molecule has 0 aliphatic carbocycles. The van der Waals surface area contributed by atoms with Crippen molar-refractivity contribution in [2.24, 2.45) is 5.92 Å². The van der Waals surface area contributed by atoms with Crippen molar-refractivity contribution in [2.75, 3.05) is 5.32 Å². The summed E-state index contributed by atoms with van der Waals surface area (Å²) in [6.07, 6.45) is 0.565. The first-order chi connectivity index (χ1) is 13.5. The molecule has 1 heterocycles. The van der Waals surface area contributed by atoms with E-state index in [9.17, 15) is 14.0 Å². The fourth-order valence-electron chi connectivity index (χ4n) is 2.95. The van der Waals surface area contributed by atoms with E-state index in [1.54, 1.807) is 18.2 Å². The van der Waals surface area contributed by atoms with Gasteiger partial charge in [-0.05, 0) is 29.7 Å². The van der Waals surface area contributed by atoms with Gasteiger partial charge in [0.25, 0.3) is 0 Å². The smallest absolute Gasteiger partial charge is 0.249 e. The van der Waals surface area contributed by atoms with Crippen LogP contribution in [0.25, 0.3) is 11.0 Å². The quantitative estimate of drug-likeness (QED) is 0.585. The summed E-state index contributed by atoms with van der Waals surface area (Å²) < 4.78 is 13.8. The summed E-state index contributed by atoms with van der Waals surface area (Å²) in [6.45, 7) is 3.82. The van der Waals surface area contributed by atoms with Crippen LogP contribution in [0.4, 0.5) is 10.3 Å². The van der Waals surface area contributed by atoms with Gasteiger partial charge in [-0.3, -0.25) is 14.9 Å². The molecule has 1 aromatic heterocycles. The number of carbonyl (C=O) groups excluding carboxylic acids is 2. The number of para-hydroxylation sites is 2. The van der Waals surface area contributed by atoms with Crippen LogP contribution >= 0.6 is 0 Å². The molecule has 0 radical (unpaired) electrons. The van der Waals surface area contributed by atoms with Gasteiger partial charge in [0.05, 0.1) is 17.5 Å². The van der Waals surface area contributed by atoms with Crippen molar-refractivity contribution >= 4 is 28.8 Å². The lowest BCUT2D eigenvalue weighted by Gasteiger charge is -2.23. The van der Waals surface area contributed by atoms with Gasteiger partial charge in [0.2, 0.25) is 17.8 Å². The number of anilines is 1. The molecular formula is C21H23FN4O2. The second kappa shape index (κ2) is 8.65. The molecule has 0 bridgehead atoms. The number of fused-ring (bicyclic) bond motifs is 1. The summed E-state index contributed by atoms with van der Waals surface area (Å²) in [7, 11) is 0. The standard InChI is InChI=1S/C21H23FN4O2/c1-3-13(2)19(25-18(27)12-14-8-4-5-9-15(14)22)20(28)26-21-23-16-10-6-7-11-17(16)24-21/h4-11,13,19H,3,12H2,1-2H3,(H,25,27)(H2,23,24,26,28)/t13-,19+/m0/s1. The van der Waals surface area contributed by atoms with Crippen LogP contribution in [0.2, 0.25) is 0 Å². The minimum absolute atomic E-state index is 0.103. The molecule has 2 aromatic carbocycles. The molecule has 2 amide bonds. The van der Waals surface area contributed by atoms with Crippen LogP contribution in [0.1, 0.15) is 25.8 Å². The molecule has 0 aliphatic heterocycles. The van der Waals surface area contributed by atoms with Crippen molar-refractivity contribution in [3.8, 4) is 0 Å². The number of hydrogen-bond acceptors (Lipinski definition) is 3. The monoisotopic (exact) mass is 382 g/mol. The van der Waals surface area contributed by atoms with Crippen LogP contribution in [0, 0.1) is 11.7 Å². The summed E-state index contributed by atoms with van der Waals surface area (Å²) in [5.41, 5.74) is 1.84. The maximum atomic E-state index is 13.8. The highest BCUT2D eigenvalue weighted by Crippen LogP contribution is 2.16. The number of carbonyl (C=O) groups is 2. The second-order valence-corrected chi connectivity index (χ2v) is 6.79. The van der Waals surface area contributed by atoms with Crippen molar-refractivity contribution in [3.05, 3.63) is 59.9 Å². The normalized spacial score (nSPS) is 13.1. The van der Waals surface area contributed by atoms with E-state index in [-0.39, 0.29) is 18.2 Å². The third-order valence-corrected chi connectivity index (χ3v) is 4.75. The number of benzene rings is 2. The molecule has 3 rings (SSSR count). The van der Waals surface area contributed by atoms with Gasteiger partial charge < -0.3 is 10.3 Å². The largest absolute Gasteiger partial charge is 0.344 e. The molecule has 3 aromatic rings. The molecule has 2 atom stereocenters. The van der Waals surface area contributed by atoms with Gasteiger partial charge in [0.15, 0.2) is 0 Å². The molecule has 0 saturated heterocycles. The Bertz CT molecular complexity index is 952. The van der Waals surface area contributed by atoms with E-state index in [2.05, 4.69) is 20.6 Å². The molecule has 0 aliphatic rings. The number of amides is 2. The van der Waals surface area contributed by atoms with Crippen molar-refractivity contribution in [1.29, 1.82) is 0 Å². The zero-order valence-corrected chi connectivity index (χ0v) is 15.8. The molecule has 0 fully saturated rings. The van der Waals surface area contributed by atoms with Crippen molar-refractivity contribution in [3.63, 3.8) is 0 Å². The van der Waals surface area contributed by atoms with Crippen LogP contribution in [0.3, 0.4) is 0 Å². The summed E-state index contributed by atoms with van der Waals surface area (Å²) in [5, 5.41) is 5.47. The summed E-state index contributed by atoms with van der Waals surface area (Å²) in [4.78, 5) is 32.6. The van der Waals surface area contributed by atoms with E-state index in [1.807, 2.05) is 38.1 Å². The summed E-state index contributed by atoms with van der Waals surface area (Å²) >= 11 is 0. The first kappa shape index (κ1) is 19.5. The van der Waals surface area contributed by atoms with Gasteiger partial charge in [0.1, 0.15) is 11.9 Å². The molecular weight excluding hydrogens is 359 g/mol. The number of aromatic amines is 1. The topological polar surface area (TPSA) is 86.9 Å². The molecule has 7 heteroatoms. The van der Waals surface area contributed by atoms with Crippen LogP contribution < -0.4 is 10.6 Å². The van der Waals surface area contributed by atoms with Gasteiger partial charge in [-0.15, -0.1) is 0 Å². The van der Waals surface area contributed by atoms with E-state index < -0.39 is 17.8 Å². The Kier molecular flexibility index (Phi) is 6.03. The molecule has 0 unspecified atom stereocenters. The van der Waals surface area contributed by atoms with E-state index in [1.165, 1.54) is 6.07 Å².